The molecule has 1 unspecified atom stereocenters. The monoisotopic (exact) mass is 298 g/mol. The zero-order valence-electron chi connectivity index (χ0n) is 11.1. The number of rotatable bonds is 5. The zero-order chi connectivity index (χ0) is 14.8. The van der Waals surface area contributed by atoms with Crippen LogP contribution in [0.1, 0.15) is 18.4 Å². The predicted molar refractivity (Wildman–Crippen MR) is 76.2 cm³/mol. The summed E-state index contributed by atoms with van der Waals surface area (Å²) in [6.45, 7) is 0.298. The summed E-state index contributed by atoms with van der Waals surface area (Å²) in [6.07, 6.45) is 1.59. The molecule has 1 aliphatic rings. The molecule has 0 amide bonds. The van der Waals surface area contributed by atoms with Gasteiger partial charge in [0.05, 0.1) is 16.4 Å². The molecule has 0 radical (unpaired) electrons. The van der Waals surface area contributed by atoms with Gasteiger partial charge in [-0.05, 0) is 31.2 Å². The Bertz CT molecular complexity index is 615. The molecule has 0 spiro atoms. The Labute approximate surface area is 118 Å². The number of hydrogen-bond acceptors (Lipinski definition) is 5. The molecule has 110 valence electrons. The Kier molecular flexibility index (Phi) is 4.10. The normalized spacial score (nSPS) is 24.6. The third-order valence-electron chi connectivity index (χ3n) is 4.02. The first kappa shape index (κ1) is 14.9. The SMILES string of the molecule is NCC1(CCc2ccccc2[N+](=O)[O-])CCS(=O)(=O)C1. The van der Waals surface area contributed by atoms with Crippen LogP contribution in [0.25, 0.3) is 0 Å². The maximum atomic E-state index is 11.6. The van der Waals surface area contributed by atoms with Crippen LogP contribution in [0.4, 0.5) is 5.69 Å². The lowest BCUT2D eigenvalue weighted by molar-refractivity contribution is -0.385. The lowest BCUT2D eigenvalue weighted by Crippen LogP contribution is -2.32. The maximum Gasteiger partial charge on any atom is 0.272 e. The van der Waals surface area contributed by atoms with Crippen LogP contribution in [0.5, 0.6) is 0 Å². The first-order valence-corrected chi connectivity index (χ1v) is 8.32. The van der Waals surface area contributed by atoms with Gasteiger partial charge in [-0.3, -0.25) is 10.1 Å². The lowest BCUT2D eigenvalue weighted by atomic mass is 9.81. The first-order valence-electron chi connectivity index (χ1n) is 6.50. The van der Waals surface area contributed by atoms with E-state index < -0.39 is 20.2 Å². The molecule has 2 N–H and O–H groups in total. The van der Waals surface area contributed by atoms with Crippen LogP contribution in [-0.2, 0) is 16.3 Å². The zero-order valence-corrected chi connectivity index (χ0v) is 11.9. The van der Waals surface area contributed by atoms with Crippen molar-refractivity contribution < 1.29 is 13.3 Å². The number of para-hydroxylation sites is 1. The molecule has 6 nitrogen and oxygen atoms in total. The van der Waals surface area contributed by atoms with E-state index in [4.69, 9.17) is 5.73 Å². The molecule has 1 aromatic rings. The van der Waals surface area contributed by atoms with Crippen LogP contribution < -0.4 is 5.73 Å². The van der Waals surface area contributed by atoms with Crippen LogP contribution in [0.2, 0.25) is 0 Å². The number of nitro benzene ring substituents is 1. The van der Waals surface area contributed by atoms with E-state index in [1.807, 2.05) is 0 Å². The van der Waals surface area contributed by atoms with Gasteiger partial charge in [0, 0.05) is 11.6 Å². The Balaban J connectivity index is 2.14. The highest BCUT2D eigenvalue weighted by Crippen LogP contribution is 2.36. The molecule has 20 heavy (non-hydrogen) atoms. The fourth-order valence-electron chi connectivity index (χ4n) is 2.74. The van der Waals surface area contributed by atoms with Gasteiger partial charge in [0.2, 0.25) is 0 Å². The van der Waals surface area contributed by atoms with Crippen LogP contribution in [0, 0.1) is 15.5 Å². The lowest BCUT2D eigenvalue weighted by Gasteiger charge is -2.25. The van der Waals surface area contributed by atoms with Gasteiger partial charge in [0.1, 0.15) is 0 Å². The molecular weight excluding hydrogens is 280 g/mol. The summed E-state index contributed by atoms with van der Waals surface area (Å²) < 4.78 is 23.3. The fraction of sp³-hybridized carbons (Fsp3) is 0.538. The van der Waals surface area contributed by atoms with Crippen molar-refractivity contribution in [2.75, 3.05) is 18.1 Å². The number of nitrogens with zero attached hydrogens (tertiary/aromatic N) is 1. The van der Waals surface area contributed by atoms with Gasteiger partial charge in [0.15, 0.2) is 9.84 Å². The average Bonchev–Trinajstić information content (AvgIpc) is 2.73. The van der Waals surface area contributed by atoms with Crippen LogP contribution >= 0.6 is 0 Å². The highest BCUT2D eigenvalue weighted by Gasteiger charge is 2.40. The van der Waals surface area contributed by atoms with E-state index in [1.54, 1.807) is 18.2 Å². The topological polar surface area (TPSA) is 103 Å². The van der Waals surface area contributed by atoms with E-state index in [0.717, 1.165) is 0 Å². The van der Waals surface area contributed by atoms with Crippen LogP contribution in [0.15, 0.2) is 24.3 Å². The number of benzene rings is 1. The van der Waals surface area contributed by atoms with E-state index in [0.29, 0.717) is 31.4 Å². The van der Waals surface area contributed by atoms with Gasteiger partial charge in [0.25, 0.3) is 5.69 Å². The summed E-state index contributed by atoms with van der Waals surface area (Å²) in [7, 11) is -3.01. The second kappa shape index (κ2) is 5.49. The molecular formula is C13H18N2O4S. The van der Waals surface area contributed by atoms with Crippen molar-refractivity contribution in [1.29, 1.82) is 0 Å². The summed E-state index contributed by atoms with van der Waals surface area (Å²) in [4.78, 5) is 10.5. The Hall–Kier alpha value is -1.47. The van der Waals surface area contributed by atoms with Gasteiger partial charge in [-0.2, -0.15) is 0 Å². The van der Waals surface area contributed by atoms with Crippen molar-refractivity contribution in [2.45, 2.75) is 19.3 Å². The number of nitrogens with two attached hydrogens (primary N) is 1. The number of sulfone groups is 1. The minimum Gasteiger partial charge on any atom is -0.330 e. The van der Waals surface area contributed by atoms with Gasteiger partial charge in [-0.1, -0.05) is 18.2 Å². The average molecular weight is 298 g/mol. The van der Waals surface area contributed by atoms with E-state index in [1.165, 1.54) is 6.07 Å². The van der Waals surface area contributed by atoms with Crippen LogP contribution in [0.3, 0.4) is 0 Å². The highest BCUT2D eigenvalue weighted by atomic mass is 32.2. The van der Waals surface area contributed by atoms with E-state index in [-0.39, 0.29) is 17.2 Å². The molecule has 0 aliphatic carbocycles. The molecule has 7 heteroatoms. The van der Waals surface area contributed by atoms with Crippen molar-refractivity contribution in [1.82, 2.24) is 0 Å². The van der Waals surface area contributed by atoms with Gasteiger partial charge in [-0.25, -0.2) is 8.42 Å². The summed E-state index contributed by atoms with van der Waals surface area (Å²) in [5.41, 5.74) is 6.04. The standard InChI is InChI=1S/C13H18N2O4S/c14-9-13(7-8-20(18,19)10-13)6-5-11-3-1-2-4-12(11)15(16)17/h1-4H,5-10,14H2. The Morgan fingerprint density at radius 1 is 1.35 bits per heavy atom. The van der Waals surface area contributed by atoms with E-state index in [2.05, 4.69) is 0 Å². The quantitative estimate of drug-likeness (QED) is 0.651. The molecule has 1 atom stereocenters. The Morgan fingerprint density at radius 2 is 2.05 bits per heavy atom. The molecule has 1 heterocycles. The molecule has 0 saturated carbocycles. The summed E-state index contributed by atoms with van der Waals surface area (Å²) in [6, 6.07) is 6.56. The molecule has 1 aromatic carbocycles. The third kappa shape index (κ3) is 3.16. The molecule has 0 bridgehead atoms. The summed E-state index contributed by atoms with van der Waals surface area (Å²) >= 11 is 0. The molecule has 0 aromatic heterocycles. The van der Waals surface area contributed by atoms with E-state index >= 15 is 0 Å². The third-order valence-corrected chi connectivity index (χ3v) is 5.89. The minimum absolute atomic E-state index is 0.0838. The second-order valence-corrected chi connectivity index (χ2v) is 7.62. The van der Waals surface area contributed by atoms with Gasteiger partial charge < -0.3 is 5.73 Å². The van der Waals surface area contributed by atoms with Gasteiger partial charge >= 0.3 is 0 Å². The Morgan fingerprint density at radius 3 is 2.60 bits per heavy atom. The van der Waals surface area contributed by atoms with E-state index in [9.17, 15) is 18.5 Å². The molecule has 1 aliphatic heterocycles. The molecule has 1 saturated heterocycles. The molecule has 2 rings (SSSR count). The number of aryl methyl sites for hydroxylation is 1. The number of nitro groups is 1. The predicted octanol–water partition coefficient (Wildman–Crippen LogP) is 1.29. The van der Waals surface area contributed by atoms with Crippen molar-refractivity contribution >= 4 is 15.5 Å². The first-order chi connectivity index (χ1) is 9.37. The maximum absolute atomic E-state index is 11.6. The smallest absolute Gasteiger partial charge is 0.272 e. The molecule has 1 fully saturated rings. The van der Waals surface area contributed by atoms with Crippen molar-refractivity contribution in [3.05, 3.63) is 39.9 Å². The summed E-state index contributed by atoms with van der Waals surface area (Å²) in [5.74, 6) is 0.262. The van der Waals surface area contributed by atoms with Crippen LogP contribution in [-0.4, -0.2) is 31.4 Å². The largest absolute Gasteiger partial charge is 0.330 e. The minimum atomic E-state index is -3.01. The summed E-state index contributed by atoms with van der Waals surface area (Å²) in [5, 5.41) is 11.0. The highest BCUT2D eigenvalue weighted by molar-refractivity contribution is 7.91. The van der Waals surface area contributed by atoms with Crippen molar-refractivity contribution in [3.8, 4) is 0 Å². The fourth-order valence-corrected chi connectivity index (χ4v) is 4.97. The van der Waals surface area contributed by atoms with Crippen molar-refractivity contribution in [2.24, 2.45) is 11.1 Å². The van der Waals surface area contributed by atoms with Gasteiger partial charge in [-0.15, -0.1) is 0 Å². The van der Waals surface area contributed by atoms with Crippen molar-refractivity contribution in [3.63, 3.8) is 0 Å². The second-order valence-electron chi connectivity index (χ2n) is 5.43. The number of hydrogen-bond donors (Lipinski definition) is 1.